The predicted octanol–water partition coefficient (Wildman–Crippen LogP) is 9.85. The van der Waals surface area contributed by atoms with E-state index in [1.165, 1.54) is 49.7 Å². The summed E-state index contributed by atoms with van der Waals surface area (Å²) in [5.74, 6) is 0.707. The molecule has 0 amide bonds. The minimum atomic E-state index is -1.42. The Balaban J connectivity index is 0.000000214. The van der Waals surface area contributed by atoms with Gasteiger partial charge in [-0.2, -0.15) is 0 Å². The fourth-order valence-electron chi connectivity index (χ4n) is 10.3. The molecule has 2 aromatic rings. The van der Waals surface area contributed by atoms with Crippen molar-refractivity contribution in [1.82, 2.24) is 3.80 Å². The molecule has 0 spiro atoms. The SMILES string of the molecule is CC1=C(C)C(C)[C]([Ti]([NH]C23CC4(C)CC(C)(CC(C)(C4)C2)C3)[SiH](C)C)=C1C.c1ccc(-c2ccccc2)cc1. The Morgan fingerprint density at radius 1 is 0.667 bits per heavy atom. The van der Waals surface area contributed by atoms with Crippen LogP contribution < -0.4 is 3.80 Å². The molecule has 209 valence electrons. The first-order valence-corrected chi connectivity index (χ1v) is 22.6. The molecule has 4 saturated carbocycles. The first-order valence-electron chi connectivity index (χ1n) is 15.4. The molecular weight excluding hydrogens is 522 g/mol. The van der Waals surface area contributed by atoms with Gasteiger partial charge in [-0.3, -0.25) is 0 Å². The van der Waals surface area contributed by atoms with E-state index in [2.05, 4.69) is 114 Å². The molecule has 0 aliphatic heterocycles. The Morgan fingerprint density at radius 2 is 1.08 bits per heavy atom. The monoisotopic (exact) mass is 574 g/mol. The zero-order chi connectivity index (χ0) is 28.2. The quantitative estimate of drug-likeness (QED) is 0.351. The van der Waals surface area contributed by atoms with Crippen LogP contribution in [0.5, 0.6) is 0 Å². The van der Waals surface area contributed by atoms with Gasteiger partial charge in [0.25, 0.3) is 0 Å². The van der Waals surface area contributed by atoms with Gasteiger partial charge in [-0.1, -0.05) is 60.7 Å². The molecule has 5 aliphatic carbocycles. The Kier molecular flexibility index (Phi) is 7.95. The molecule has 1 unspecified atom stereocenters. The summed E-state index contributed by atoms with van der Waals surface area (Å²) in [5.41, 5.74) is 9.70. The van der Waals surface area contributed by atoms with Crippen molar-refractivity contribution in [3.8, 4) is 11.1 Å². The summed E-state index contributed by atoms with van der Waals surface area (Å²) in [5, 5.41) is 0. The van der Waals surface area contributed by atoms with Crippen LogP contribution in [0, 0.1) is 22.2 Å². The smallest absolute Gasteiger partial charge is 0.0184 e. The van der Waals surface area contributed by atoms with Crippen molar-refractivity contribution >= 4 is 6.66 Å². The minimum absolute atomic E-state index is 0.455. The summed E-state index contributed by atoms with van der Waals surface area (Å²) in [6.07, 6.45) is 8.79. The molecule has 4 fully saturated rings. The van der Waals surface area contributed by atoms with Gasteiger partial charge in [-0.05, 0) is 11.1 Å². The van der Waals surface area contributed by atoms with Crippen LogP contribution in [0.15, 0.2) is 81.3 Å². The van der Waals surface area contributed by atoms with Crippen molar-refractivity contribution < 1.29 is 17.4 Å². The number of nitrogens with one attached hydrogen (secondary N) is 1. The Bertz CT molecular complexity index is 1170. The van der Waals surface area contributed by atoms with Crippen LogP contribution in [-0.2, 0) is 17.4 Å². The fraction of sp³-hybridized carbons (Fsp3) is 0.556. The van der Waals surface area contributed by atoms with E-state index in [1.54, 1.807) is 16.7 Å². The largest absolute Gasteiger partial charge is 0.0622 e. The average Bonchev–Trinajstić information content (AvgIpc) is 3.03. The van der Waals surface area contributed by atoms with Gasteiger partial charge in [-0.25, -0.2) is 0 Å². The predicted molar refractivity (Wildman–Crippen MR) is 169 cm³/mol. The van der Waals surface area contributed by atoms with Crippen molar-refractivity contribution in [2.24, 2.45) is 22.2 Å². The van der Waals surface area contributed by atoms with Gasteiger partial charge in [-0.15, -0.1) is 0 Å². The average molecular weight is 575 g/mol. The van der Waals surface area contributed by atoms with Crippen LogP contribution in [0.4, 0.5) is 0 Å². The maximum absolute atomic E-state index is 4.62. The van der Waals surface area contributed by atoms with Crippen LogP contribution in [0.25, 0.3) is 11.1 Å². The summed E-state index contributed by atoms with van der Waals surface area (Å²) in [7, 11) is 0. The molecule has 0 saturated heterocycles. The molecule has 0 radical (unpaired) electrons. The second-order valence-electron chi connectivity index (χ2n) is 15.3. The van der Waals surface area contributed by atoms with Crippen molar-refractivity contribution in [2.75, 3.05) is 0 Å². The number of rotatable bonds is 5. The summed E-state index contributed by atoms with van der Waals surface area (Å²) in [6, 6.07) is 20.8. The van der Waals surface area contributed by atoms with Crippen molar-refractivity contribution in [2.45, 2.75) is 106 Å². The third kappa shape index (κ3) is 5.79. The van der Waals surface area contributed by atoms with Gasteiger partial charge >= 0.3 is 176 Å². The maximum atomic E-state index is 4.62. The first kappa shape index (κ1) is 29.3. The molecule has 1 N–H and O–H groups in total. The second-order valence-corrected chi connectivity index (χ2v) is 27.9. The van der Waals surface area contributed by atoms with Gasteiger partial charge in [0.15, 0.2) is 0 Å². The Hall–Kier alpha value is -1.19. The zero-order valence-electron chi connectivity index (χ0n) is 26.2. The molecule has 7 rings (SSSR count). The summed E-state index contributed by atoms with van der Waals surface area (Å²) in [6.45, 7) is 22.2. The van der Waals surface area contributed by atoms with Crippen LogP contribution in [0.2, 0.25) is 13.1 Å². The van der Waals surface area contributed by atoms with E-state index in [-0.39, 0.29) is 0 Å². The van der Waals surface area contributed by atoms with Gasteiger partial charge in [0.2, 0.25) is 0 Å². The molecule has 4 bridgehead atoms. The molecular formula is C36H52NSiTi. The summed E-state index contributed by atoms with van der Waals surface area (Å²) >= 11 is -1.42. The summed E-state index contributed by atoms with van der Waals surface area (Å²) in [4.78, 5) is 0. The number of hydrogen-bond donors (Lipinski definition) is 1. The van der Waals surface area contributed by atoms with Crippen LogP contribution >= 0.6 is 0 Å². The number of hydrogen-bond acceptors (Lipinski definition) is 1. The van der Waals surface area contributed by atoms with Gasteiger partial charge in [0, 0.05) is 0 Å². The maximum Gasteiger partial charge on any atom is -0.0184 e. The van der Waals surface area contributed by atoms with E-state index in [0.29, 0.717) is 27.7 Å². The molecule has 39 heavy (non-hydrogen) atoms. The molecule has 2 aromatic carbocycles. The first-order chi connectivity index (χ1) is 18.3. The normalized spacial score (nSPS) is 35.0. The van der Waals surface area contributed by atoms with Gasteiger partial charge < -0.3 is 0 Å². The zero-order valence-corrected chi connectivity index (χ0v) is 28.9. The Labute approximate surface area is 246 Å². The fourth-order valence-corrected chi connectivity index (χ4v) is 22.2. The molecule has 1 atom stereocenters. The molecule has 0 heterocycles. The summed E-state index contributed by atoms with van der Waals surface area (Å²) < 4.78 is 6.54. The van der Waals surface area contributed by atoms with E-state index in [4.69, 9.17) is 0 Å². The van der Waals surface area contributed by atoms with Crippen LogP contribution in [-0.4, -0.2) is 12.2 Å². The molecule has 1 nitrogen and oxygen atoms in total. The Morgan fingerprint density at radius 3 is 1.41 bits per heavy atom. The number of benzene rings is 2. The van der Waals surface area contributed by atoms with Crippen molar-refractivity contribution in [1.29, 1.82) is 0 Å². The second kappa shape index (κ2) is 10.6. The number of allylic oxidation sites excluding steroid dienone is 4. The van der Waals surface area contributed by atoms with E-state index >= 15 is 0 Å². The molecule has 5 aliphatic rings. The standard InChI is InChI=1S/C13H22N.C12H10.C9H13.C2H7Si.Ti/c1-10-4-11(2)6-12(3,5-10)9-13(14,7-10)8-11;1-3-7-11(8-4-1)12-9-5-2-6-10-12;1-6-5-7(2)9(4)8(6)3;1-3-2;/h14H,4-9H2,1-3H3;1-10H;6H,1-4H3;3H,1-2H3;/q-1;;;;+1. The van der Waals surface area contributed by atoms with Crippen molar-refractivity contribution in [3.63, 3.8) is 0 Å². The third-order valence-electron chi connectivity index (χ3n) is 10.6. The van der Waals surface area contributed by atoms with Crippen molar-refractivity contribution in [3.05, 3.63) is 81.3 Å². The third-order valence-corrected chi connectivity index (χ3v) is 22.5. The van der Waals surface area contributed by atoms with E-state index in [9.17, 15) is 0 Å². The van der Waals surface area contributed by atoms with E-state index < -0.39 is 24.0 Å². The topological polar surface area (TPSA) is 12.0 Å². The molecule has 0 aromatic heterocycles. The van der Waals surface area contributed by atoms with Crippen LogP contribution in [0.3, 0.4) is 0 Å². The molecule has 3 heteroatoms. The minimum Gasteiger partial charge on any atom is -0.0622 e. The van der Waals surface area contributed by atoms with E-state index in [1.807, 2.05) is 16.0 Å². The van der Waals surface area contributed by atoms with Gasteiger partial charge in [0.05, 0.1) is 0 Å². The van der Waals surface area contributed by atoms with E-state index in [0.717, 1.165) is 0 Å². The van der Waals surface area contributed by atoms with Gasteiger partial charge in [0.1, 0.15) is 0 Å². The van der Waals surface area contributed by atoms with Crippen LogP contribution in [0.1, 0.15) is 87.0 Å².